The third kappa shape index (κ3) is 3.62. The Morgan fingerprint density at radius 3 is 2.72 bits per heavy atom. The molecule has 5 nitrogen and oxygen atoms in total. The number of fused-ring (bicyclic) bond motifs is 1. The first-order chi connectivity index (χ1) is 12.0. The molecule has 0 spiro atoms. The molecule has 3 aromatic rings. The third-order valence-electron chi connectivity index (χ3n) is 3.69. The van der Waals surface area contributed by atoms with Gasteiger partial charge < -0.3 is 15.0 Å². The van der Waals surface area contributed by atoms with Gasteiger partial charge in [0.25, 0.3) is 5.91 Å². The number of benzene rings is 2. The highest BCUT2D eigenvalue weighted by molar-refractivity contribution is 6.40. The summed E-state index contributed by atoms with van der Waals surface area (Å²) in [7, 11) is 0. The van der Waals surface area contributed by atoms with Gasteiger partial charge in [-0.15, -0.1) is 0 Å². The molecule has 0 aliphatic heterocycles. The number of amides is 1. The standard InChI is InChI=1S/C18H14Cl2N2O3/c1-10-6-7-13(19)17(16(10)20)22-15(23)9-25-18(24)12-8-21-14-5-3-2-4-11(12)14/h2-8,21H,9H2,1H3,(H,22,23). The summed E-state index contributed by atoms with van der Waals surface area (Å²) >= 11 is 12.2. The van der Waals surface area contributed by atoms with Crippen LogP contribution in [-0.2, 0) is 9.53 Å². The average Bonchev–Trinajstić information content (AvgIpc) is 3.04. The number of aryl methyl sites for hydroxylation is 1. The normalized spacial score (nSPS) is 10.7. The van der Waals surface area contributed by atoms with Gasteiger partial charge >= 0.3 is 5.97 Å². The Labute approximate surface area is 153 Å². The van der Waals surface area contributed by atoms with Gasteiger partial charge in [-0.3, -0.25) is 4.79 Å². The molecule has 0 radical (unpaired) electrons. The van der Waals surface area contributed by atoms with Gasteiger partial charge in [0.2, 0.25) is 0 Å². The van der Waals surface area contributed by atoms with Crippen LogP contribution in [0.15, 0.2) is 42.6 Å². The van der Waals surface area contributed by atoms with Crippen molar-refractivity contribution in [2.75, 3.05) is 11.9 Å². The van der Waals surface area contributed by atoms with E-state index >= 15 is 0 Å². The highest BCUT2D eigenvalue weighted by Crippen LogP contribution is 2.32. The molecule has 0 bridgehead atoms. The van der Waals surface area contributed by atoms with E-state index in [9.17, 15) is 9.59 Å². The smallest absolute Gasteiger partial charge is 0.340 e. The Morgan fingerprint density at radius 1 is 1.16 bits per heavy atom. The van der Waals surface area contributed by atoms with Crippen molar-refractivity contribution in [3.8, 4) is 0 Å². The summed E-state index contributed by atoms with van der Waals surface area (Å²) in [5.41, 5.74) is 2.26. The molecule has 0 aliphatic rings. The van der Waals surface area contributed by atoms with Gasteiger partial charge in [-0.2, -0.15) is 0 Å². The lowest BCUT2D eigenvalue weighted by Crippen LogP contribution is -2.21. The molecule has 0 atom stereocenters. The molecule has 2 N–H and O–H groups in total. The lowest BCUT2D eigenvalue weighted by atomic mass is 10.2. The number of ether oxygens (including phenoxy) is 1. The number of aromatic amines is 1. The first kappa shape index (κ1) is 17.3. The zero-order valence-corrected chi connectivity index (χ0v) is 14.7. The van der Waals surface area contributed by atoms with E-state index in [4.69, 9.17) is 27.9 Å². The van der Waals surface area contributed by atoms with Crippen molar-refractivity contribution in [2.45, 2.75) is 6.92 Å². The Hall–Kier alpha value is -2.50. The lowest BCUT2D eigenvalue weighted by Gasteiger charge is -2.11. The third-order valence-corrected chi connectivity index (χ3v) is 4.49. The Bertz CT molecular complexity index is 966. The first-order valence-corrected chi connectivity index (χ1v) is 8.20. The Morgan fingerprint density at radius 2 is 1.92 bits per heavy atom. The molecule has 0 fully saturated rings. The highest BCUT2D eigenvalue weighted by atomic mass is 35.5. The number of para-hydroxylation sites is 1. The van der Waals surface area contributed by atoms with Gasteiger partial charge in [0.15, 0.2) is 6.61 Å². The van der Waals surface area contributed by atoms with Gasteiger partial charge in [0, 0.05) is 17.1 Å². The van der Waals surface area contributed by atoms with Crippen LogP contribution in [-0.4, -0.2) is 23.5 Å². The van der Waals surface area contributed by atoms with Crippen LogP contribution in [0.4, 0.5) is 5.69 Å². The molecular weight excluding hydrogens is 363 g/mol. The number of nitrogens with one attached hydrogen (secondary N) is 2. The fourth-order valence-electron chi connectivity index (χ4n) is 2.40. The number of H-pyrrole nitrogens is 1. The molecular formula is C18H14Cl2N2O3. The fourth-order valence-corrected chi connectivity index (χ4v) is 2.86. The number of anilines is 1. The maximum absolute atomic E-state index is 12.2. The van der Waals surface area contributed by atoms with E-state index in [0.717, 1.165) is 16.5 Å². The second-order valence-electron chi connectivity index (χ2n) is 5.43. The topological polar surface area (TPSA) is 71.2 Å². The summed E-state index contributed by atoms with van der Waals surface area (Å²) in [6.45, 7) is 1.35. The highest BCUT2D eigenvalue weighted by Gasteiger charge is 2.16. The van der Waals surface area contributed by atoms with Crippen LogP contribution in [0.1, 0.15) is 15.9 Å². The molecule has 0 saturated carbocycles. The molecule has 2 aromatic carbocycles. The van der Waals surface area contributed by atoms with Crippen molar-refractivity contribution in [3.05, 3.63) is 63.8 Å². The van der Waals surface area contributed by atoms with Gasteiger partial charge in [0.1, 0.15) is 0 Å². The number of esters is 1. The van der Waals surface area contributed by atoms with E-state index in [-0.39, 0.29) is 0 Å². The zero-order valence-electron chi connectivity index (χ0n) is 13.2. The van der Waals surface area contributed by atoms with Gasteiger partial charge in [-0.1, -0.05) is 47.5 Å². The fraction of sp³-hybridized carbons (Fsp3) is 0.111. The molecule has 1 amide bonds. The molecule has 1 heterocycles. The molecule has 0 aliphatic carbocycles. The minimum Gasteiger partial charge on any atom is -0.452 e. The monoisotopic (exact) mass is 376 g/mol. The maximum atomic E-state index is 12.2. The van der Waals surface area contributed by atoms with Crippen LogP contribution in [0.2, 0.25) is 10.0 Å². The zero-order chi connectivity index (χ0) is 18.0. The summed E-state index contributed by atoms with van der Waals surface area (Å²) in [5, 5.41) is 3.97. The molecule has 0 saturated heterocycles. The van der Waals surface area contributed by atoms with Gasteiger partial charge in [-0.25, -0.2) is 4.79 Å². The van der Waals surface area contributed by atoms with E-state index in [2.05, 4.69) is 10.3 Å². The lowest BCUT2D eigenvalue weighted by molar-refractivity contribution is -0.119. The Balaban J connectivity index is 1.67. The molecule has 25 heavy (non-hydrogen) atoms. The van der Waals surface area contributed by atoms with Crippen molar-refractivity contribution in [1.29, 1.82) is 0 Å². The van der Waals surface area contributed by atoms with E-state index < -0.39 is 18.5 Å². The van der Waals surface area contributed by atoms with Crippen molar-refractivity contribution in [3.63, 3.8) is 0 Å². The van der Waals surface area contributed by atoms with Gasteiger partial charge in [-0.05, 0) is 24.6 Å². The van der Waals surface area contributed by atoms with Crippen LogP contribution >= 0.6 is 23.2 Å². The molecule has 128 valence electrons. The number of aromatic nitrogens is 1. The van der Waals surface area contributed by atoms with Gasteiger partial charge in [0.05, 0.1) is 21.3 Å². The summed E-state index contributed by atoms with van der Waals surface area (Å²) in [5.74, 6) is -1.11. The van der Waals surface area contributed by atoms with E-state index in [1.165, 1.54) is 0 Å². The average molecular weight is 377 g/mol. The van der Waals surface area contributed by atoms with E-state index in [1.807, 2.05) is 18.2 Å². The summed E-state index contributed by atoms with van der Waals surface area (Å²) < 4.78 is 5.08. The maximum Gasteiger partial charge on any atom is 0.340 e. The predicted molar refractivity (Wildman–Crippen MR) is 98.4 cm³/mol. The van der Waals surface area contributed by atoms with Crippen LogP contribution < -0.4 is 5.32 Å². The second kappa shape index (κ2) is 7.17. The first-order valence-electron chi connectivity index (χ1n) is 7.45. The number of halogens is 2. The predicted octanol–water partition coefficient (Wildman–Crippen LogP) is 4.58. The quantitative estimate of drug-likeness (QED) is 0.654. The Kier molecular flexibility index (Phi) is 4.97. The number of hydrogen-bond donors (Lipinski definition) is 2. The van der Waals surface area contributed by atoms with Crippen molar-refractivity contribution in [1.82, 2.24) is 4.98 Å². The minimum absolute atomic E-state index is 0.302. The summed E-state index contributed by atoms with van der Waals surface area (Å²) in [6.07, 6.45) is 1.55. The second-order valence-corrected chi connectivity index (χ2v) is 6.21. The SMILES string of the molecule is Cc1ccc(Cl)c(NC(=O)COC(=O)c2c[nH]c3ccccc23)c1Cl. The molecule has 7 heteroatoms. The molecule has 1 aromatic heterocycles. The summed E-state index contributed by atoms with van der Waals surface area (Å²) in [6, 6.07) is 10.7. The van der Waals surface area contributed by atoms with E-state index in [0.29, 0.717) is 21.3 Å². The van der Waals surface area contributed by atoms with Crippen molar-refractivity contribution in [2.24, 2.45) is 0 Å². The van der Waals surface area contributed by atoms with Crippen LogP contribution in [0, 0.1) is 6.92 Å². The largest absolute Gasteiger partial charge is 0.452 e. The number of rotatable bonds is 4. The summed E-state index contributed by atoms with van der Waals surface area (Å²) in [4.78, 5) is 27.2. The number of hydrogen-bond acceptors (Lipinski definition) is 3. The molecule has 0 unspecified atom stereocenters. The minimum atomic E-state index is -0.589. The number of carbonyl (C=O) groups is 2. The molecule has 3 rings (SSSR count). The van der Waals surface area contributed by atoms with Crippen molar-refractivity contribution < 1.29 is 14.3 Å². The van der Waals surface area contributed by atoms with Crippen LogP contribution in [0.5, 0.6) is 0 Å². The van der Waals surface area contributed by atoms with Crippen molar-refractivity contribution >= 4 is 51.7 Å². The van der Waals surface area contributed by atoms with E-state index in [1.54, 1.807) is 31.3 Å². The number of carbonyl (C=O) groups excluding carboxylic acids is 2. The van der Waals surface area contributed by atoms with Crippen LogP contribution in [0.25, 0.3) is 10.9 Å². The van der Waals surface area contributed by atoms with Crippen LogP contribution in [0.3, 0.4) is 0 Å².